The fraction of sp³-hybridized carbons (Fsp3) is 0.522. The summed E-state index contributed by atoms with van der Waals surface area (Å²) in [4.78, 5) is 36.1. The van der Waals surface area contributed by atoms with Gasteiger partial charge in [-0.15, -0.1) is 0 Å². The van der Waals surface area contributed by atoms with Gasteiger partial charge in [-0.1, -0.05) is 43.6 Å². The molecule has 2 amide bonds. The number of amides is 2. The third kappa shape index (κ3) is 12.0. The number of alkyl halides is 1. The van der Waals surface area contributed by atoms with Crippen LogP contribution in [-0.4, -0.2) is 68.2 Å². The Morgan fingerprint density at radius 1 is 1.17 bits per heavy atom. The minimum atomic E-state index is -4.05. The van der Waals surface area contributed by atoms with Gasteiger partial charge in [0.2, 0.25) is 12.3 Å². The lowest BCUT2D eigenvalue weighted by molar-refractivity contribution is -0.148. The van der Waals surface area contributed by atoms with Crippen LogP contribution in [0.3, 0.4) is 0 Å². The molecule has 0 saturated heterocycles. The van der Waals surface area contributed by atoms with Crippen molar-refractivity contribution in [1.82, 2.24) is 15.3 Å². The summed E-state index contributed by atoms with van der Waals surface area (Å²) in [5.74, 6) is -0.750. The van der Waals surface area contributed by atoms with Gasteiger partial charge >= 0.3 is 13.7 Å². The Morgan fingerprint density at radius 2 is 1.83 bits per heavy atom. The van der Waals surface area contributed by atoms with E-state index in [0.29, 0.717) is 19.3 Å². The normalized spacial score (nSPS) is 14.6. The van der Waals surface area contributed by atoms with Crippen LogP contribution in [0.1, 0.15) is 33.1 Å². The molecule has 1 aromatic carbocycles. The molecule has 0 saturated carbocycles. The fourth-order valence-electron chi connectivity index (χ4n) is 2.75. The fourth-order valence-corrected chi connectivity index (χ4v) is 4.36. The van der Waals surface area contributed by atoms with Crippen LogP contribution < -0.4 is 14.9 Å². The lowest BCUT2D eigenvalue weighted by atomic mass is 10.2. The highest BCUT2D eigenvalue weighted by Gasteiger charge is 2.30. The lowest BCUT2D eigenvalue weighted by Gasteiger charge is -2.26. The second kappa shape index (κ2) is 17.1. The predicted molar refractivity (Wildman–Crippen MR) is 135 cm³/mol. The first-order valence-corrected chi connectivity index (χ1v) is 13.4. The number of carbonyl (C=O) groups excluding carboxylic acids is 3. The average molecular weight is 548 g/mol. The molecule has 36 heavy (non-hydrogen) atoms. The van der Waals surface area contributed by atoms with Crippen molar-refractivity contribution >= 4 is 37.6 Å². The van der Waals surface area contributed by atoms with Crippen molar-refractivity contribution in [3.8, 4) is 5.75 Å². The predicted octanol–water partition coefficient (Wildman–Crippen LogP) is 3.20. The second-order valence-corrected chi connectivity index (χ2v) is 9.73. The van der Waals surface area contributed by atoms with Crippen molar-refractivity contribution in [2.24, 2.45) is 0 Å². The van der Waals surface area contributed by atoms with Gasteiger partial charge in [-0.05, 0) is 25.0 Å². The second-order valence-electron chi connectivity index (χ2n) is 7.47. The van der Waals surface area contributed by atoms with Crippen molar-refractivity contribution in [3.05, 3.63) is 42.6 Å². The first kappa shape index (κ1) is 31.6. The monoisotopic (exact) mass is 547 g/mol. The summed E-state index contributed by atoms with van der Waals surface area (Å²) in [6, 6.07) is 8.32. The van der Waals surface area contributed by atoms with E-state index in [1.807, 2.05) is 13.8 Å². The van der Waals surface area contributed by atoms with Crippen LogP contribution >= 0.6 is 19.3 Å². The molecule has 0 spiro atoms. The van der Waals surface area contributed by atoms with Gasteiger partial charge in [-0.2, -0.15) is 0 Å². The van der Waals surface area contributed by atoms with Crippen LogP contribution in [0.2, 0.25) is 0 Å². The molecule has 0 heterocycles. The van der Waals surface area contributed by atoms with E-state index in [2.05, 4.69) is 10.4 Å². The van der Waals surface area contributed by atoms with E-state index < -0.39 is 37.8 Å². The minimum absolute atomic E-state index is 0.0664. The van der Waals surface area contributed by atoms with E-state index >= 15 is 0 Å². The van der Waals surface area contributed by atoms with Gasteiger partial charge in [0, 0.05) is 32.9 Å². The minimum Gasteiger partial charge on any atom is -0.461 e. The van der Waals surface area contributed by atoms with Gasteiger partial charge in [0.25, 0.3) is 0 Å². The summed E-state index contributed by atoms with van der Waals surface area (Å²) in [7, 11) is -1.21. The molecule has 0 radical (unpaired) electrons. The summed E-state index contributed by atoms with van der Waals surface area (Å²) < 4.78 is 35.3. The van der Waals surface area contributed by atoms with Crippen LogP contribution in [0.5, 0.6) is 5.75 Å². The van der Waals surface area contributed by atoms with Gasteiger partial charge in [0.1, 0.15) is 23.9 Å². The van der Waals surface area contributed by atoms with E-state index in [-0.39, 0.29) is 24.9 Å². The third-order valence-corrected chi connectivity index (χ3v) is 6.79. The van der Waals surface area contributed by atoms with E-state index in [0.717, 1.165) is 11.0 Å². The molecule has 0 aliphatic carbocycles. The molecule has 0 aliphatic heterocycles. The van der Waals surface area contributed by atoms with Crippen molar-refractivity contribution < 1.29 is 37.5 Å². The van der Waals surface area contributed by atoms with Gasteiger partial charge in [-0.3, -0.25) is 18.9 Å². The number of methoxy groups -OCH3 is 1. The molecule has 2 N–H and O–H groups in total. The summed E-state index contributed by atoms with van der Waals surface area (Å²) in [5.41, 5.74) is -0.894. The Bertz CT molecular complexity index is 885. The lowest BCUT2D eigenvalue weighted by Crippen LogP contribution is -2.33. The third-order valence-electron chi connectivity index (χ3n) is 4.91. The topological polar surface area (TPSA) is 132 Å². The molecule has 3 atom stereocenters. The maximum Gasteiger partial charge on any atom is 0.459 e. The van der Waals surface area contributed by atoms with Crippen molar-refractivity contribution in [3.63, 3.8) is 0 Å². The zero-order valence-corrected chi connectivity index (χ0v) is 22.6. The number of benzene rings is 1. The Labute approximate surface area is 217 Å². The van der Waals surface area contributed by atoms with E-state index in [1.54, 1.807) is 30.3 Å². The Morgan fingerprint density at radius 3 is 2.39 bits per heavy atom. The average Bonchev–Trinajstić information content (AvgIpc) is 2.89. The molecule has 1 aromatic rings. The zero-order chi connectivity index (χ0) is 27.0. The van der Waals surface area contributed by atoms with Crippen LogP contribution in [0.15, 0.2) is 42.6 Å². The van der Waals surface area contributed by atoms with Crippen molar-refractivity contribution in [1.29, 1.82) is 0 Å². The number of carbonyl (C=O) groups is 3. The molecular formula is C23H35ClN3O8P. The molecule has 202 valence electrons. The Kier molecular flexibility index (Phi) is 15.0. The molecule has 0 fully saturated rings. The molecule has 0 aliphatic rings. The van der Waals surface area contributed by atoms with Gasteiger partial charge in [0.15, 0.2) is 0 Å². The van der Waals surface area contributed by atoms with Gasteiger partial charge < -0.3 is 24.2 Å². The highest BCUT2D eigenvalue weighted by molar-refractivity contribution is 7.52. The number of hydrogen-bond donors (Lipinski definition) is 2. The SMILES string of the molecule is CCC(CC)OC(=O)CNP(=O)(OCC(C[C@H](Cl)N(C=O)/C=C\C(=O)NC)OC)Oc1ccccc1. The van der Waals surface area contributed by atoms with E-state index in [1.165, 1.54) is 20.4 Å². The molecule has 1 rings (SSSR count). The molecule has 0 aromatic heterocycles. The summed E-state index contributed by atoms with van der Waals surface area (Å²) in [6.07, 6.45) is 3.26. The first-order valence-electron chi connectivity index (χ1n) is 11.4. The molecule has 13 heteroatoms. The molecule has 2 unspecified atom stereocenters. The number of likely N-dealkylation sites (N-methyl/N-ethyl adjacent to an activating group) is 1. The number of nitrogens with zero attached hydrogens (tertiary/aromatic N) is 1. The highest BCUT2D eigenvalue weighted by atomic mass is 35.5. The summed E-state index contributed by atoms with van der Waals surface area (Å²) >= 11 is 6.30. The number of ether oxygens (including phenoxy) is 2. The maximum absolute atomic E-state index is 13.4. The number of rotatable bonds is 18. The highest BCUT2D eigenvalue weighted by Crippen LogP contribution is 2.44. The Hall–Kier alpha value is -2.43. The maximum atomic E-state index is 13.4. The van der Waals surface area contributed by atoms with E-state index in [9.17, 15) is 18.9 Å². The summed E-state index contributed by atoms with van der Waals surface area (Å²) in [5, 5.41) is 4.92. The number of nitrogens with one attached hydrogen (secondary N) is 2. The van der Waals surface area contributed by atoms with Gasteiger partial charge in [0.05, 0.1) is 12.7 Å². The first-order chi connectivity index (χ1) is 17.2. The number of esters is 1. The largest absolute Gasteiger partial charge is 0.461 e. The van der Waals surface area contributed by atoms with E-state index in [4.69, 9.17) is 30.1 Å². The van der Waals surface area contributed by atoms with Crippen LogP contribution in [-0.2, 0) is 32.9 Å². The zero-order valence-electron chi connectivity index (χ0n) is 20.9. The standard InChI is InChI=1S/C23H35ClN3O8P/c1-5-18(6-2)34-23(30)15-26-36(31,35-19-10-8-7-9-11-19)33-16-20(32-4)14-21(24)27(17-28)13-12-22(29)25-3/h7-13,17-18,20-21H,5-6,14-16H2,1-4H3,(H,25,29)(H,26,31)/b13-12-/t20?,21-,36?/m1/s1. The molecular weight excluding hydrogens is 513 g/mol. The smallest absolute Gasteiger partial charge is 0.459 e. The quantitative estimate of drug-likeness (QED) is 0.0709. The van der Waals surface area contributed by atoms with Crippen LogP contribution in [0, 0.1) is 0 Å². The van der Waals surface area contributed by atoms with Crippen molar-refractivity contribution in [2.75, 3.05) is 27.3 Å². The molecule has 11 nitrogen and oxygen atoms in total. The van der Waals surface area contributed by atoms with Crippen LogP contribution in [0.4, 0.5) is 0 Å². The van der Waals surface area contributed by atoms with Gasteiger partial charge in [-0.25, -0.2) is 9.65 Å². The van der Waals surface area contributed by atoms with Crippen molar-refractivity contribution in [2.45, 2.75) is 50.8 Å². The van der Waals surface area contributed by atoms with Crippen LogP contribution in [0.25, 0.3) is 0 Å². The molecule has 0 bridgehead atoms. The number of para-hydroxylation sites is 1. The number of halogens is 1. The number of hydrogen-bond acceptors (Lipinski definition) is 8. The Balaban J connectivity index is 2.86. The summed E-state index contributed by atoms with van der Waals surface area (Å²) in [6.45, 7) is 3.15.